The molecule has 2 heterocycles. The number of aromatic nitrogens is 2. The van der Waals surface area contributed by atoms with Gasteiger partial charge < -0.3 is 20.7 Å². The molecule has 0 spiro atoms. The smallest absolute Gasteiger partial charge is 0.269 e. The molecule has 180 valence electrons. The highest BCUT2D eigenvalue weighted by Gasteiger charge is 2.29. The van der Waals surface area contributed by atoms with E-state index in [-0.39, 0.29) is 34.2 Å². The zero-order valence-electron chi connectivity index (χ0n) is 19.1. The summed E-state index contributed by atoms with van der Waals surface area (Å²) in [5.41, 5.74) is 5.75. The van der Waals surface area contributed by atoms with Gasteiger partial charge in [-0.1, -0.05) is 6.92 Å². The Kier molecular flexibility index (Phi) is 7.72. The predicted molar refractivity (Wildman–Crippen MR) is 123 cm³/mol. The fourth-order valence-electron chi connectivity index (χ4n) is 3.61. The van der Waals surface area contributed by atoms with Gasteiger partial charge in [0.05, 0.1) is 29.0 Å². The lowest BCUT2D eigenvalue weighted by molar-refractivity contribution is 0.0990. The Morgan fingerprint density at radius 3 is 2.48 bits per heavy atom. The summed E-state index contributed by atoms with van der Waals surface area (Å²) < 4.78 is 34.7. The minimum Gasteiger partial charge on any atom is -0.493 e. The van der Waals surface area contributed by atoms with E-state index in [0.29, 0.717) is 32.7 Å². The fraction of sp³-hybridized carbons (Fsp3) is 0.476. The van der Waals surface area contributed by atoms with Gasteiger partial charge in [0.15, 0.2) is 0 Å². The van der Waals surface area contributed by atoms with Crippen molar-refractivity contribution in [3.63, 3.8) is 0 Å². The van der Waals surface area contributed by atoms with Crippen molar-refractivity contribution in [1.82, 2.24) is 19.0 Å². The molecule has 0 saturated carbocycles. The van der Waals surface area contributed by atoms with Gasteiger partial charge in [-0.25, -0.2) is 8.42 Å². The van der Waals surface area contributed by atoms with Gasteiger partial charge in [-0.3, -0.25) is 14.3 Å². The Balaban J connectivity index is 1.95. The molecule has 3 rings (SSSR count). The van der Waals surface area contributed by atoms with Crippen molar-refractivity contribution in [2.24, 2.45) is 5.73 Å². The van der Waals surface area contributed by atoms with Crippen LogP contribution in [0, 0.1) is 0 Å². The number of nitrogens with zero attached hydrogens (tertiary/aromatic N) is 4. The first-order chi connectivity index (χ1) is 15.7. The summed E-state index contributed by atoms with van der Waals surface area (Å²) in [5.74, 6) is -1.13. The zero-order chi connectivity index (χ0) is 24.2. The summed E-state index contributed by atoms with van der Waals surface area (Å²) in [5, 5.41) is 6.75. The molecule has 0 radical (unpaired) electrons. The number of ether oxygens (including phenoxy) is 1. The largest absolute Gasteiger partial charge is 0.493 e. The minimum atomic E-state index is -3.79. The number of carbonyl (C=O) groups excluding carboxylic acids is 2. The average molecular weight is 479 g/mol. The molecule has 1 aliphatic heterocycles. The number of anilines is 1. The van der Waals surface area contributed by atoms with E-state index < -0.39 is 21.8 Å². The highest BCUT2D eigenvalue weighted by Crippen LogP contribution is 2.27. The van der Waals surface area contributed by atoms with E-state index >= 15 is 0 Å². The number of rotatable bonds is 9. The molecule has 3 N–H and O–H groups in total. The lowest BCUT2D eigenvalue weighted by Crippen LogP contribution is -2.47. The third-order valence-electron chi connectivity index (χ3n) is 5.35. The van der Waals surface area contributed by atoms with E-state index in [1.807, 2.05) is 14.0 Å². The quantitative estimate of drug-likeness (QED) is 0.547. The summed E-state index contributed by atoms with van der Waals surface area (Å²) >= 11 is 0. The van der Waals surface area contributed by atoms with Crippen LogP contribution < -0.4 is 15.8 Å². The van der Waals surface area contributed by atoms with Gasteiger partial charge in [0, 0.05) is 32.7 Å². The third kappa shape index (κ3) is 5.34. The first-order valence-corrected chi connectivity index (χ1v) is 12.3. The summed E-state index contributed by atoms with van der Waals surface area (Å²) in [6.07, 6.45) is 2.06. The third-order valence-corrected chi connectivity index (χ3v) is 7.25. The fourth-order valence-corrected chi connectivity index (χ4v) is 5.06. The van der Waals surface area contributed by atoms with Crippen molar-refractivity contribution in [3.05, 3.63) is 35.7 Å². The van der Waals surface area contributed by atoms with E-state index in [2.05, 4.69) is 15.3 Å². The van der Waals surface area contributed by atoms with Crippen molar-refractivity contribution >= 4 is 27.5 Å². The van der Waals surface area contributed by atoms with Crippen LogP contribution in [-0.2, 0) is 16.6 Å². The highest BCUT2D eigenvalue weighted by molar-refractivity contribution is 7.89. The molecule has 1 fully saturated rings. The molecule has 0 bridgehead atoms. The maximum Gasteiger partial charge on any atom is 0.269 e. The van der Waals surface area contributed by atoms with Gasteiger partial charge in [0.25, 0.3) is 11.8 Å². The van der Waals surface area contributed by atoms with Gasteiger partial charge in [0.1, 0.15) is 11.4 Å². The van der Waals surface area contributed by atoms with E-state index in [0.717, 1.165) is 6.42 Å². The molecule has 1 saturated heterocycles. The Bertz CT molecular complexity index is 1120. The van der Waals surface area contributed by atoms with Crippen molar-refractivity contribution in [3.8, 4) is 5.75 Å². The molecule has 1 aromatic carbocycles. The Morgan fingerprint density at radius 2 is 1.88 bits per heavy atom. The van der Waals surface area contributed by atoms with E-state index in [9.17, 15) is 18.0 Å². The molecule has 1 aromatic heterocycles. The van der Waals surface area contributed by atoms with Crippen molar-refractivity contribution in [2.45, 2.75) is 31.7 Å². The normalized spacial score (nSPS) is 15.4. The zero-order valence-corrected chi connectivity index (χ0v) is 19.9. The van der Waals surface area contributed by atoms with Crippen LogP contribution >= 0.6 is 0 Å². The Hall–Kier alpha value is -2.96. The highest BCUT2D eigenvalue weighted by atomic mass is 32.2. The number of carbonyl (C=O) groups is 2. The molecular formula is C21H30N6O5S. The number of nitrogens with two attached hydrogens (primary N) is 1. The van der Waals surface area contributed by atoms with Crippen LogP contribution in [0.4, 0.5) is 5.69 Å². The van der Waals surface area contributed by atoms with Crippen LogP contribution in [0.1, 0.15) is 41.1 Å². The van der Waals surface area contributed by atoms with Gasteiger partial charge in [0.2, 0.25) is 10.0 Å². The Morgan fingerprint density at radius 1 is 1.18 bits per heavy atom. The van der Waals surface area contributed by atoms with Crippen LogP contribution in [-0.4, -0.2) is 79.1 Å². The monoisotopic (exact) mass is 478 g/mol. The van der Waals surface area contributed by atoms with Gasteiger partial charge >= 0.3 is 0 Å². The summed E-state index contributed by atoms with van der Waals surface area (Å²) in [6.45, 7) is 6.41. The molecule has 2 amide bonds. The van der Waals surface area contributed by atoms with Crippen LogP contribution in [0.25, 0.3) is 0 Å². The van der Waals surface area contributed by atoms with Crippen LogP contribution in [0.2, 0.25) is 0 Å². The number of amides is 2. The number of primary amides is 1. The number of sulfonamides is 1. The summed E-state index contributed by atoms with van der Waals surface area (Å²) in [7, 11) is -1.85. The van der Waals surface area contributed by atoms with Crippen LogP contribution in [0.5, 0.6) is 5.75 Å². The standard InChI is InChI=1S/C21H30N6O5S/c1-4-8-27-19(20(22)28)17(14-23-27)24-21(29)16-13-15(6-7-18(16)32-5-2)33(30,31)26-11-9-25(3)10-12-26/h6-7,13-14H,4-5,8-12H2,1-3H3,(H2,22,28)(H,24,29). The minimum absolute atomic E-state index is 0.00235. The number of hydrogen-bond acceptors (Lipinski definition) is 7. The predicted octanol–water partition coefficient (Wildman–Crippen LogP) is 0.979. The number of likely N-dealkylation sites (N-methyl/N-ethyl adjacent to an activating group) is 1. The summed E-state index contributed by atoms with van der Waals surface area (Å²) in [4.78, 5) is 27.2. The summed E-state index contributed by atoms with van der Waals surface area (Å²) in [6, 6.07) is 4.20. The van der Waals surface area contributed by atoms with Crippen molar-refractivity contribution in [2.75, 3.05) is 45.2 Å². The van der Waals surface area contributed by atoms with Crippen LogP contribution in [0.15, 0.2) is 29.3 Å². The molecule has 12 heteroatoms. The number of aryl methyl sites for hydroxylation is 1. The molecule has 0 aliphatic carbocycles. The second-order valence-electron chi connectivity index (χ2n) is 7.75. The van der Waals surface area contributed by atoms with E-state index in [4.69, 9.17) is 10.5 Å². The molecule has 2 aromatic rings. The van der Waals surface area contributed by atoms with Gasteiger partial charge in [-0.2, -0.15) is 9.40 Å². The lowest BCUT2D eigenvalue weighted by Gasteiger charge is -2.31. The van der Waals surface area contributed by atoms with E-state index in [1.54, 1.807) is 6.92 Å². The number of piperazine rings is 1. The van der Waals surface area contributed by atoms with Crippen molar-refractivity contribution < 1.29 is 22.7 Å². The van der Waals surface area contributed by atoms with Crippen molar-refractivity contribution in [1.29, 1.82) is 0 Å². The topological polar surface area (TPSA) is 140 Å². The first-order valence-electron chi connectivity index (χ1n) is 10.8. The van der Waals surface area contributed by atoms with E-state index in [1.165, 1.54) is 33.4 Å². The SMILES string of the molecule is CCCn1ncc(NC(=O)c2cc(S(=O)(=O)N3CCN(C)CC3)ccc2OCC)c1C(N)=O. The molecular weight excluding hydrogens is 448 g/mol. The van der Waals surface area contributed by atoms with Gasteiger partial charge in [-0.15, -0.1) is 0 Å². The molecule has 33 heavy (non-hydrogen) atoms. The Labute approximate surface area is 193 Å². The second kappa shape index (κ2) is 10.3. The van der Waals surface area contributed by atoms with Crippen LogP contribution in [0.3, 0.4) is 0 Å². The maximum absolute atomic E-state index is 13.2. The number of nitrogens with one attached hydrogen (secondary N) is 1. The average Bonchev–Trinajstić information content (AvgIpc) is 3.17. The second-order valence-corrected chi connectivity index (χ2v) is 9.68. The maximum atomic E-state index is 13.2. The molecule has 0 atom stereocenters. The van der Waals surface area contributed by atoms with Gasteiger partial charge in [-0.05, 0) is 38.6 Å². The number of hydrogen-bond donors (Lipinski definition) is 2. The lowest BCUT2D eigenvalue weighted by atomic mass is 10.2. The molecule has 0 unspecified atom stereocenters. The molecule has 11 nitrogen and oxygen atoms in total. The first kappa shape index (κ1) is 24.7. The molecule has 1 aliphatic rings. The number of benzene rings is 1.